The van der Waals surface area contributed by atoms with Crippen LogP contribution in [0, 0.1) is 17.2 Å². The van der Waals surface area contributed by atoms with Crippen molar-refractivity contribution in [3.05, 3.63) is 48.0 Å². The lowest BCUT2D eigenvalue weighted by atomic mass is 9.92. The quantitative estimate of drug-likeness (QED) is 0.375. The van der Waals surface area contributed by atoms with Crippen molar-refractivity contribution in [2.24, 2.45) is 5.92 Å². The smallest absolute Gasteiger partial charge is 0.411 e. The van der Waals surface area contributed by atoms with Gasteiger partial charge in [0, 0.05) is 22.0 Å². The zero-order chi connectivity index (χ0) is 22.9. The number of nitriles is 1. The maximum absolute atomic E-state index is 12.2. The first-order chi connectivity index (χ1) is 16.1. The molecule has 2 fully saturated rings. The van der Waals surface area contributed by atoms with Crippen molar-refractivity contribution in [3.63, 3.8) is 0 Å². The third-order valence-electron chi connectivity index (χ3n) is 6.82. The number of benzene rings is 2. The third kappa shape index (κ3) is 4.35. The summed E-state index contributed by atoms with van der Waals surface area (Å²) in [6.45, 7) is 4.11. The van der Waals surface area contributed by atoms with E-state index in [0.29, 0.717) is 17.6 Å². The molecule has 2 aliphatic rings. The summed E-state index contributed by atoms with van der Waals surface area (Å²) in [6, 6.07) is 17.1. The van der Waals surface area contributed by atoms with Crippen molar-refractivity contribution in [1.82, 2.24) is 4.57 Å². The summed E-state index contributed by atoms with van der Waals surface area (Å²) in [4.78, 5) is 13.5. The predicted molar refractivity (Wildman–Crippen MR) is 134 cm³/mol. The van der Waals surface area contributed by atoms with Gasteiger partial charge < -0.3 is 9.30 Å². The number of amides is 1. The van der Waals surface area contributed by atoms with Crippen LogP contribution < -0.4 is 5.32 Å². The maximum atomic E-state index is 12.2. The fourth-order valence-corrected chi connectivity index (χ4v) is 5.35. The molecular weight excluding hydrogens is 430 g/mol. The van der Waals surface area contributed by atoms with E-state index in [2.05, 4.69) is 41.1 Å². The van der Waals surface area contributed by atoms with Crippen LogP contribution in [0.25, 0.3) is 22.2 Å². The first-order valence-corrected chi connectivity index (χ1v) is 12.9. The molecule has 1 heterocycles. The number of ether oxygens (including phenoxy) is 1. The zero-order valence-corrected chi connectivity index (χ0v) is 20.0. The monoisotopic (exact) mass is 459 g/mol. The first-order valence-electron chi connectivity index (χ1n) is 11.9. The number of hydrogen-bond donors (Lipinski definition) is 1. The third-order valence-corrected chi connectivity index (χ3v) is 7.70. The summed E-state index contributed by atoms with van der Waals surface area (Å²) >= 11 is 1.82. The van der Waals surface area contributed by atoms with Crippen molar-refractivity contribution < 1.29 is 9.53 Å². The highest BCUT2D eigenvalue weighted by molar-refractivity contribution is 7.99. The van der Waals surface area contributed by atoms with Gasteiger partial charge in [-0.05, 0) is 80.5 Å². The summed E-state index contributed by atoms with van der Waals surface area (Å²) in [5, 5.41) is 13.9. The molecule has 0 radical (unpaired) electrons. The minimum absolute atomic E-state index is 0.0450. The van der Waals surface area contributed by atoms with E-state index in [9.17, 15) is 10.1 Å². The molecule has 5 rings (SSSR count). The molecule has 3 aromatic rings. The van der Waals surface area contributed by atoms with Gasteiger partial charge >= 0.3 is 6.09 Å². The Labute approximate surface area is 199 Å². The Kier molecular flexibility index (Phi) is 6.07. The first kappa shape index (κ1) is 21.9. The molecule has 170 valence electrons. The molecule has 1 N–H and O–H groups in total. The number of hydrogen-bond acceptors (Lipinski definition) is 4. The number of anilines is 1. The van der Waals surface area contributed by atoms with Gasteiger partial charge in [-0.15, -0.1) is 11.8 Å². The molecule has 33 heavy (non-hydrogen) atoms. The molecule has 1 amide bonds. The molecule has 0 aliphatic heterocycles. The van der Waals surface area contributed by atoms with Gasteiger partial charge in [-0.2, -0.15) is 5.26 Å². The molecule has 0 bridgehead atoms. The Morgan fingerprint density at radius 3 is 2.58 bits per heavy atom. The summed E-state index contributed by atoms with van der Waals surface area (Å²) in [6.07, 6.45) is 5.31. The van der Waals surface area contributed by atoms with Crippen molar-refractivity contribution in [2.45, 2.75) is 63.0 Å². The number of rotatable bonds is 7. The molecule has 1 aromatic heterocycles. The summed E-state index contributed by atoms with van der Waals surface area (Å²) in [5.74, 6) is 1.52. The number of carbonyl (C=O) groups is 1. The normalized spacial score (nSPS) is 16.8. The van der Waals surface area contributed by atoms with Crippen LogP contribution >= 0.6 is 11.8 Å². The molecule has 2 saturated carbocycles. The molecule has 1 atom stereocenters. The Morgan fingerprint density at radius 2 is 1.97 bits per heavy atom. The lowest BCUT2D eigenvalue weighted by molar-refractivity contribution is 0.108. The summed E-state index contributed by atoms with van der Waals surface area (Å²) in [7, 11) is 0. The topological polar surface area (TPSA) is 67.1 Å². The number of carbonyl (C=O) groups excluding carboxylic acids is 1. The van der Waals surface area contributed by atoms with Crippen LogP contribution in [-0.4, -0.2) is 22.5 Å². The average Bonchev–Trinajstić information content (AvgIpc) is 3.57. The largest absolute Gasteiger partial charge is 0.446 e. The van der Waals surface area contributed by atoms with E-state index in [0.717, 1.165) is 59.2 Å². The second-order valence-corrected chi connectivity index (χ2v) is 10.4. The lowest BCUT2D eigenvalue weighted by Crippen LogP contribution is -2.21. The highest BCUT2D eigenvalue weighted by Crippen LogP contribution is 2.43. The van der Waals surface area contributed by atoms with E-state index < -0.39 is 6.09 Å². The Bertz CT molecular complexity index is 1220. The Hall–Kier alpha value is -2.91. The van der Waals surface area contributed by atoms with Gasteiger partial charge in [0.05, 0.1) is 16.8 Å². The van der Waals surface area contributed by atoms with E-state index in [1.165, 1.54) is 11.3 Å². The zero-order valence-electron chi connectivity index (χ0n) is 19.1. The maximum Gasteiger partial charge on any atom is 0.411 e. The van der Waals surface area contributed by atoms with E-state index in [4.69, 9.17) is 4.74 Å². The fraction of sp³-hybridized carbons (Fsp3) is 0.407. The summed E-state index contributed by atoms with van der Waals surface area (Å²) in [5.41, 5.74) is 4.53. The van der Waals surface area contributed by atoms with Crippen LogP contribution in [0.5, 0.6) is 0 Å². The number of thioether (sulfide) groups is 1. The van der Waals surface area contributed by atoms with E-state index in [-0.39, 0.29) is 6.10 Å². The number of aromatic nitrogens is 1. The lowest BCUT2D eigenvalue weighted by Gasteiger charge is -2.30. The molecule has 0 saturated heterocycles. The second kappa shape index (κ2) is 9.15. The van der Waals surface area contributed by atoms with Crippen molar-refractivity contribution in [1.29, 1.82) is 5.26 Å². The minimum Gasteiger partial charge on any atom is -0.446 e. The van der Waals surface area contributed by atoms with Crippen LogP contribution in [0.2, 0.25) is 0 Å². The second-order valence-electron chi connectivity index (χ2n) is 9.05. The van der Waals surface area contributed by atoms with Gasteiger partial charge in [0.15, 0.2) is 0 Å². The van der Waals surface area contributed by atoms with Gasteiger partial charge in [-0.1, -0.05) is 25.1 Å². The van der Waals surface area contributed by atoms with Gasteiger partial charge in [-0.3, -0.25) is 5.32 Å². The number of nitrogens with zero attached hydrogens (tertiary/aromatic N) is 2. The van der Waals surface area contributed by atoms with Crippen LogP contribution in [0.4, 0.5) is 10.5 Å². The molecule has 0 spiro atoms. The van der Waals surface area contributed by atoms with Gasteiger partial charge in [0.2, 0.25) is 0 Å². The molecule has 2 aromatic carbocycles. The fourth-order valence-electron chi connectivity index (χ4n) is 4.66. The highest BCUT2D eigenvalue weighted by atomic mass is 32.2. The van der Waals surface area contributed by atoms with Crippen molar-refractivity contribution in [3.8, 4) is 17.3 Å². The van der Waals surface area contributed by atoms with Crippen molar-refractivity contribution in [2.75, 3.05) is 11.1 Å². The van der Waals surface area contributed by atoms with Crippen LogP contribution in [0.3, 0.4) is 0 Å². The SMILES string of the molecule is CCSc1ccc2c(C#N)c(-c3ccc(NC(=O)O[C@H](C)C4CC4)cc3)n(C3CCC3)c2c1. The molecule has 5 nitrogen and oxygen atoms in total. The van der Waals surface area contributed by atoms with Gasteiger partial charge in [0.1, 0.15) is 12.2 Å². The van der Waals surface area contributed by atoms with Crippen molar-refractivity contribution >= 4 is 34.4 Å². The van der Waals surface area contributed by atoms with E-state index in [1.807, 2.05) is 43.0 Å². The Morgan fingerprint density at radius 1 is 1.21 bits per heavy atom. The average molecular weight is 460 g/mol. The van der Waals surface area contributed by atoms with E-state index in [1.54, 1.807) is 0 Å². The van der Waals surface area contributed by atoms with E-state index >= 15 is 0 Å². The number of fused-ring (bicyclic) bond motifs is 1. The summed E-state index contributed by atoms with van der Waals surface area (Å²) < 4.78 is 7.85. The number of nitrogens with one attached hydrogen (secondary N) is 1. The molecular formula is C27H29N3O2S. The van der Waals surface area contributed by atoms with Crippen LogP contribution in [0.15, 0.2) is 47.4 Å². The highest BCUT2D eigenvalue weighted by Gasteiger charge is 2.31. The molecule has 6 heteroatoms. The molecule has 0 unspecified atom stereocenters. The standard InChI is InChI=1S/C27H29N3O2S/c1-3-33-22-13-14-23-24(16-28)26(30(25(23)15-22)21-5-4-6-21)19-9-11-20(12-10-19)29-27(31)32-17(2)18-7-8-18/h9-15,17-18,21H,3-8H2,1-2H3,(H,29,31)/t17-/m1/s1. The van der Waals surface area contributed by atoms with Gasteiger partial charge in [-0.25, -0.2) is 4.79 Å². The Balaban J connectivity index is 1.48. The van der Waals surface area contributed by atoms with Crippen LogP contribution in [0.1, 0.15) is 57.6 Å². The van der Waals surface area contributed by atoms with Gasteiger partial charge in [0.25, 0.3) is 0 Å². The minimum atomic E-state index is -0.413. The predicted octanol–water partition coefficient (Wildman–Crippen LogP) is 7.36. The molecule has 2 aliphatic carbocycles. The van der Waals surface area contributed by atoms with Crippen LogP contribution in [-0.2, 0) is 4.74 Å².